The van der Waals surface area contributed by atoms with E-state index in [-0.39, 0.29) is 25.5 Å². The summed E-state index contributed by atoms with van der Waals surface area (Å²) in [6.45, 7) is 3.14. The van der Waals surface area contributed by atoms with Crippen LogP contribution in [0.2, 0.25) is 0 Å². The molecule has 3 amide bonds. The third kappa shape index (κ3) is 5.36. The molecule has 0 spiro atoms. The Kier molecular flexibility index (Phi) is 6.42. The van der Waals surface area contributed by atoms with Gasteiger partial charge in [-0.3, -0.25) is 9.69 Å². The number of guanidine groups is 1. The Bertz CT molecular complexity index is 657. The topological polar surface area (TPSA) is 85.8 Å². The molecule has 7 nitrogen and oxygen atoms in total. The van der Waals surface area contributed by atoms with E-state index in [4.69, 9.17) is 0 Å². The van der Waals surface area contributed by atoms with Gasteiger partial charge in [0.2, 0.25) is 5.91 Å². The van der Waals surface area contributed by atoms with Gasteiger partial charge in [-0.25, -0.2) is 9.79 Å². The molecule has 142 valence electrons. The van der Waals surface area contributed by atoms with Gasteiger partial charge in [0.1, 0.15) is 0 Å². The van der Waals surface area contributed by atoms with Crippen LogP contribution in [0.3, 0.4) is 0 Å². The summed E-state index contributed by atoms with van der Waals surface area (Å²) in [6, 6.07) is 4.36. The van der Waals surface area contributed by atoms with E-state index in [1.54, 1.807) is 0 Å². The quantitative estimate of drug-likeness (QED) is 0.400. The highest BCUT2D eigenvalue weighted by Gasteiger charge is 2.30. The summed E-state index contributed by atoms with van der Waals surface area (Å²) in [5.74, 6) is 0.156. The first-order valence-electron chi connectivity index (χ1n) is 8.07. The SMILES string of the molecule is CCNC(=NCc1ccc(C(F)(F)F)cc1)NCCN1C(=O)CNC1=O. The summed E-state index contributed by atoms with van der Waals surface area (Å²) in [5.41, 5.74) is -0.0758. The third-order valence-corrected chi connectivity index (χ3v) is 3.61. The summed E-state index contributed by atoms with van der Waals surface area (Å²) in [4.78, 5) is 28.3. The molecular weight excluding hydrogens is 351 g/mol. The number of nitrogens with zero attached hydrogens (tertiary/aromatic N) is 2. The second kappa shape index (κ2) is 8.54. The predicted octanol–water partition coefficient (Wildman–Crippen LogP) is 1.31. The van der Waals surface area contributed by atoms with Crippen molar-refractivity contribution >= 4 is 17.9 Å². The lowest BCUT2D eigenvalue weighted by Crippen LogP contribution is -2.43. The van der Waals surface area contributed by atoms with Crippen molar-refractivity contribution < 1.29 is 22.8 Å². The minimum atomic E-state index is -4.36. The van der Waals surface area contributed by atoms with Gasteiger partial charge in [-0.2, -0.15) is 13.2 Å². The van der Waals surface area contributed by atoms with Gasteiger partial charge in [0, 0.05) is 19.6 Å². The molecule has 3 N–H and O–H groups in total. The number of halogens is 3. The number of rotatable bonds is 6. The van der Waals surface area contributed by atoms with Gasteiger partial charge >= 0.3 is 12.2 Å². The second-order valence-electron chi connectivity index (χ2n) is 5.52. The molecule has 1 aromatic rings. The molecule has 1 aliphatic heterocycles. The van der Waals surface area contributed by atoms with E-state index in [0.717, 1.165) is 17.0 Å². The maximum atomic E-state index is 12.6. The molecular formula is C16H20F3N5O2. The largest absolute Gasteiger partial charge is 0.416 e. The average Bonchev–Trinajstić information content (AvgIpc) is 2.91. The highest BCUT2D eigenvalue weighted by Crippen LogP contribution is 2.29. The van der Waals surface area contributed by atoms with Crippen LogP contribution in [0.25, 0.3) is 0 Å². The van der Waals surface area contributed by atoms with Crippen LogP contribution in [0.4, 0.5) is 18.0 Å². The van der Waals surface area contributed by atoms with Gasteiger partial charge in [0.25, 0.3) is 0 Å². The summed E-state index contributed by atoms with van der Waals surface area (Å²) in [7, 11) is 0. The van der Waals surface area contributed by atoms with E-state index in [0.29, 0.717) is 24.6 Å². The number of aliphatic imine (C=N–C) groups is 1. The van der Waals surface area contributed by atoms with Crippen LogP contribution < -0.4 is 16.0 Å². The molecule has 10 heteroatoms. The molecule has 1 fully saturated rings. The molecule has 0 aromatic heterocycles. The highest BCUT2D eigenvalue weighted by atomic mass is 19.4. The van der Waals surface area contributed by atoms with Crippen molar-refractivity contribution in [1.82, 2.24) is 20.9 Å². The lowest BCUT2D eigenvalue weighted by atomic mass is 10.1. The Morgan fingerprint density at radius 3 is 2.46 bits per heavy atom. The van der Waals surface area contributed by atoms with Gasteiger partial charge in [-0.1, -0.05) is 12.1 Å². The van der Waals surface area contributed by atoms with Crippen LogP contribution in [0.1, 0.15) is 18.1 Å². The Balaban J connectivity index is 1.89. The monoisotopic (exact) mass is 371 g/mol. The molecule has 1 aromatic carbocycles. The number of carbonyl (C=O) groups excluding carboxylic acids is 2. The predicted molar refractivity (Wildman–Crippen MR) is 89.4 cm³/mol. The molecule has 0 radical (unpaired) electrons. The molecule has 0 aliphatic carbocycles. The maximum Gasteiger partial charge on any atom is 0.416 e. The van der Waals surface area contributed by atoms with Crippen molar-refractivity contribution in [2.45, 2.75) is 19.6 Å². The Hall–Kier alpha value is -2.78. The van der Waals surface area contributed by atoms with Crippen LogP contribution in [0, 0.1) is 0 Å². The van der Waals surface area contributed by atoms with Crippen molar-refractivity contribution in [3.63, 3.8) is 0 Å². The Morgan fingerprint density at radius 1 is 1.23 bits per heavy atom. The fraction of sp³-hybridized carbons (Fsp3) is 0.438. The molecule has 0 atom stereocenters. The van der Waals surface area contributed by atoms with Gasteiger partial charge in [0.15, 0.2) is 5.96 Å². The zero-order valence-electron chi connectivity index (χ0n) is 14.2. The summed E-state index contributed by atoms with van der Waals surface area (Å²) in [5, 5.41) is 8.40. The average molecular weight is 371 g/mol. The van der Waals surface area contributed by atoms with Gasteiger partial charge in [-0.15, -0.1) is 0 Å². The van der Waals surface area contributed by atoms with Gasteiger partial charge < -0.3 is 16.0 Å². The van der Waals surface area contributed by atoms with Crippen molar-refractivity contribution in [2.24, 2.45) is 4.99 Å². The van der Waals surface area contributed by atoms with Crippen molar-refractivity contribution in [2.75, 3.05) is 26.2 Å². The number of amides is 3. The number of nitrogens with one attached hydrogen (secondary N) is 3. The lowest BCUT2D eigenvalue weighted by Gasteiger charge is -2.15. The van der Waals surface area contributed by atoms with E-state index in [1.165, 1.54) is 12.1 Å². The molecule has 2 rings (SSSR count). The van der Waals surface area contributed by atoms with Crippen LogP contribution in [0.15, 0.2) is 29.3 Å². The summed E-state index contributed by atoms with van der Waals surface area (Å²) >= 11 is 0. The molecule has 26 heavy (non-hydrogen) atoms. The van der Waals surface area contributed by atoms with Crippen molar-refractivity contribution in [1.29, 1.82) is 0 Å². The maximum absolute atomic E-state index is 12.6. The molecule has 0 saturated carbocycles. The minimum absolute atomic E-state index is 0.000904. The molecule has 1 heterocycles. The Morgan fingerprint density at radius 2 is 1.92 bits per heavy atom. The fourth-order valence-electron chi connectivity index (χ4n) is 2.28. The number of alkyl halides is 3. The first-order chi connectivity index (χ1) is 12.3. The number of benzene rings is 1. The van der Waals surface area contributed by atoms with Crippen LogP contribution >= 0.6 is 0 Å². The van der Waals surface area contributed by atoms with Crippen molar-refractivity contribution in [3.8, 4) is 0 Å². The smallest absolute Gasteiger partial charge is 0.357 e. The molecule has 1 saturated heterocycles. The normalized spacial score (nSPS) is 15.2. The van der Waals surface area contributed by atoms with Gasteiger partial charge in [0.05, 0.1) is 18.7 Å². The first-order valence-corrected chi connectivity index (χ1v) is 8.07. The van der Waals surface area contributed by atoms with Crippen molar-refractivity contribution in [3.05, 3.63) is 35.4 Å². The zero-order chi connectivity index (χ0) is 19.2. The third-order valence-electron chi connectivity index (χ3n) is 3.61. The van der Waals surface area contributed by atoms with E-state index in [1.807, 2.05) is 6.92 Å². The number of carbonyl (C=O) groups is 2. The number of hydrogen-bond acceptors (Lipinski definition) is 3. The first kappa shape index (κ1) is 19.5. The summed E-state index contributed by atoms with van der Waals surface area (Å²) in [6.07, 6.45) is -4.36. The highest BCUT2D eigenvalue weighted by molar-refractivity contribution is 6.01. The van der Waals surface area contributed by atoms with Gasteiger partial charge in [-0.05, 0) is 24.6 Å². The van der Waals surface area contributed by atoms with Crippen LogP contribution in [-0.4, -0.2) is 49.0 Å². The zero-order valence-corrected chi connectivity index (χ0v) is 14.2. The van der Waals surface area contributed by atoms with E-state index >= 15 is 0 Å². The number of urea groups is 1. The number of hydrogen-bond donors (Lipinski definition) is 3. The molecule has 1 aliphatic rings. The Labute approximate surface area is 148 Å². The van der Waals surface area contributed by atoms with Crippen LogP contribution in [0.5, 0.6) is 0 Å². The minimum Gasteiger partial charge on any atom is -0.357 e. The van der Waals surface area contributed by atoms with E-state index < -0.39 is 17.8 Å². The second-order valence-corrected chi connectivity index (χ2v) is 5.52. The lowest BCUT2D eigenvalue weighted by molar-refractivity contribution is -0.137. The van der Waals surface area contributed by atoms with Crippen LogP contribution in [-0.2, 0) is 17.5 Å². The molecule has 0 bridgehead atoms. The van der Waals surface area contributed by atoms with E-state index in [2.05, 4.69) is 20.9 Å². The van der Waals surface area contributed by atoms with E-state index in [9.17, 15) is 22.8 Å². The standard InChI is InChI=1S/C16H20F3N5O2/c1-2-20-14(21-7-8-24-13(25)10-23-15(24)26)22-9-11-3-5-12(6-4-11)16(17,18)19/h3-6H,2,7-10H2,1H3,(H,23,26)(H2,20,21,22). The summed E-state index contributed by atoms with van der Waals surface area (Å²) < 4.78 is 37.7. The number of imide groups is 1. The fourth-order valence-corrected chi connectivity index (χ4v) is 2.28. The molecule has 0 unspecified atom stereocenters.